The molecule has 1 aliphatic rings. The molecule has 0 atom stereocenters. The number of nitrogens with zero attached hydrogens (tertiary/aromatic N) is 1. The van der Waals surface area contributed by atoms with Gasteiger partial charge < -0.3 is 10.2 Å². The summed E-state index contributed by atoms with van der Waals surface area (Å²) in [6.07, 6.45) is 3.04. The van der Waals surface area contributed by atoms with Crippen LogP contribution in [0, 0.1) is 0 Å². The second-order valence-electron chi connectivity index (χ2n) is 3.87. The molecule has 1 aromatic rings. The fourth-order valence-corrected chi connectivity index (χ4v) is 2.01. The van der Waals surface area contributed by atoms with Crippen molar-refractivity contribution in [3.63, 3.8) is 0 Å². The molecule has 2 heteroatoms. The van der Waals surface area contributed by atoms with Crippen molar-refractivity contribution in [3.05, 3.63) is 42.5 Å². The van der Waals surface area contributed by atoms with Crippen molar-refractivity contribution >= 4 is 5.69 Å². The molecular formula is C13H18N2. The topological polar surface area (TPSA) is 15.3 Å². The Morgan fingerprint density at radius 1 is 1.40 bits per heavy atom. The molecule has 0 bridgehead atoms. The zero-order valence-electron chi connectivity index (χ0n) is 9.08. The van der Waals surface area contributed by atoms with Gasteiger partial charge in [-0.3, -0.25) is 0 Å². The predicted molar refractivity (Wildman–Crippen MR) is 65.2 cm³/mol. The van der Waals surface area contributed by atoms with Crippen LogP contribution < -0.4 is 10.2 Å². The first kappa shape index (κ1) is 10.2. The van der Waals surface area contributed by atoms with E-state index in [2.05, 4.69) is 41.1 Å². The van der Waals surface area contributed by atoms with E-state index >= 15 is 0 Å². The van der Waals surface area contributed by atoms with Crippen molar-refractivity contribution in [1.29, 1.82) is 0 Å². The number of fused-ring (bicyclic) bond motifs is 1. The van der Waals surface area contributed by atoms with E-state index in [1.165, 1.54) is 11.3 Å². The SMILES string of the molecule is C=CCCN1CCNCc2ccccc21. The second-order valence-corrected chi connectivity index (χ2v) is 3.87. The molecule has 0 aliphatic carbocycles. The maximum atomic E-state index is 3.78. The minimum atomic E-state index is 0.987. The third kappa shape index (κ3) is 2.39. The number of nitrogens with one attached hydrogen (secondary N) is 1. The summed E-state index contributed by atoms with van der Waals surface area (Å²) in [5, 5.41) is 3.44. The van der Waals surface area contributed by atoms with Gasteiger partial charge in [0.15, 0.2) is 0 Å². The van der Waals surface area contributed by atoms with Crippen molar-refractivity contribution in [2.75, 3.05) is 24.5 Å². The van der Waals surface area contributed by atoms with Crippen LogP contribution in [0.15, 0.2) is 36.9 Å². The Balaban J connectivity index is 2.20. The number of hydrogen-bond acceptors (Lipinski definition) is 2. The summed E-state index contributed by atoms with van der Waals surface area (Å²) in [6, 6.07) is 8.64. The van der Waals surface area contributed by atoms with Gasteiger partial charge in [-0.25, -0.2) is 0 Å². The van der Waals surface area contributed by atoms with Gasteiger partial charge in [0.2, 0.25) is 0 Å². The lowest BCUT2D eigenvalue weighted by Gasteiger charge is -2.23. The van der Waals surface area contributed by atoms with Gasteiger partial charge >= 0.3 is 0 Å². The molecule has 0 aromatic heterocycles. The molecule has 15 heavy (non-hydrogen) atoms. The van der Waals surface area contributed by atoms with Crippen LogP contribution in [0.4, 0.5) is 5.69 Å². The summed E-state index contributed by atoms with van der Waals surface area (Å²) in [4.78, 5) is 2.44. The summed E-state index contributed by atoms with van der Waals surface area (Å²) in [5.74, 6) is 0. The van der Waals surface area contributed by atoms with Crippen molar-refractivity contribution in [2.45, 2.75) is 13.0 Å². The molecule has 1 aliphatic heterocycles. The lowest BCUT2D eigenvalue weighted by atomic mass is 10.1. The first-order chi connectivity index (χ1) is 7.42. The highest BCUT2D eigenvalue weighted by Crippen LogP contribution is 2.21. The molecule has 1 heterocycles. The highest BCUT2D eigenvalue weighted by Gasteiger charge is 2.12. The highest BCUT2D eigenvalue weighted by atomic mass is 15.2. The molecule has 1 N–H and O–H groups in total. The van der Waals surface area contributed by atoms with Crippen LogP contribution in [-0.2, 0) is 6.54 Å². The first-order valence-corrected chi connectivity index (χ1v) is 5.56. The average Bonchev–Trinajstić information content (AvgIpc) is 2.49. The minimum absolute atomic E-state index is 0.987. The number of benzene rings is 1. The molecule has 0 fully saturated rings. The van der Waals surface area contributed by atoms with Gasteiger partial charge in [0.25, 0.3) is 0 Å². The summed E-state index contributed by atoms with van der Waals surface area (Å²) in [5.41, 5.74) is 2.78. The molecule has 0 unspecified atom stereocenters. The van der Waals surface area contributed by atoms with E-state index in [9.17, 15) is 0 Å². The van der Waals surface area contributed by atoms with Gasteiger partial charge in [0, 0.05) is 31.9 Å². The zero-order chi connectivity index (χ0) is 10.5. The Hall–Kier alpha value is -1.28. The van der Waals surface area contributed by atoms with Gasteiger partial charge in [-0.1, -0.05) is 24.3 Å². The Morgan fingerprint density at radius 3 is 3.13 bits per heavy atom. The van der Waals surface area contributed by atoms with E-state index in [1.54, 1.807) is 0 Å². The lowest BCUT2D eigenvalue weighted by Crippen LogP contribution is -2.29. The largest absolute Gasteiger partial charge is 0.370 e. The monoisotopic (exact) mass is 202 g/mol. The Bertz CT molecular complexity index is 333. The maximum absolute atomic E-state index is 3.78. The number of rotatable bonds is 3. The molecule has 0 saturated heterocycles. The zero-order valence-corrected chi connectivity index (χ0v) is 9.08. The number of para-hydroxylation sites is 1. The van der Waals surface area contributed by atoms with Crippen LogP contribution in [0.3, 0.4) is 0 Å². The van der Waals surface area contributed by atoms with Gasteiger partial charge in [-0.2, -0.15) is 0 Å². The van der Waals surface area contributed by atoms with Gasteiger partial charge in [-0.15, -0.1) is 6.58 Å². The summed E-state index contributed by atoms with van der Waals surface area (Å²) < 4.78 is 0. The van der Waals surface area contributed by atoms with Crippen LogP contribution >= 0.6 is 0 Å². The molecule has 0 amide bonds. The van der Waals surface area contributed by atoms with Crippen molar-refractivity contribution in [1.82, 2.24) is 5.32 Å². The van der Waals surface area contributed by atoms with Crippen molar-refractivity contribution in [2.24, 2.45) is 0 Å². The van der Waals surface area contributed by atoms with Crippen LogP contribution in [0.1, 0.15) is 12.0 Å². The third-order valence-electron chi connectivity index (χ3n) is 2.81. The summed E-state index contributed by atoms with van der Waals surface area (Å²) >= 11 is 0. The first-order valence-electron chi connectivity index (χ1n) is 5.56. The highest BCUT2D eigenvalue weighted by molar-refractivity contribution is 5.54. The summed E-state index contributed by atoms with van der Waals surface area (Å²) in [7, 11) is 0. The molecule has 2 rings (SSSR count). The van der Waals surface area contributed by atoms with Gasteiger partial charge in [-0.05, 0) is 18.1 Å². The van der Waals surface area contributed by atoms with Crippen molar-refractivity contribution in [3.8, 4) is 0 Å². The quantitative estimate of drug-likeness (QED) is 0.756. The third-order valence-corrected chi connectivity index (χ3v) is 2.81. The fourth-order valence-electron chi connectivity index (χ4n) is 2.01. The van der Waals surface area contributed by atoms with E-state index < -0.39 is 0 Å². The molecule has 1 aromatic carbocycles. The van der Waals surface area contributed by atoms with Crippen LogP contribution in [0.2, 0.25) is 0 Å². The Kier molecular flexibility index (Phi) is 3.41. The fraction of sp³-hybridized carbons (Fsp3) is 0.385. The normalized spacial score (nSPS) is 15.6. The predicted octanol–water partition coefficient (Wildman–Crippen LogP) is 2.17. The molecule has 0 radical (unpaired) electrons. The van der Waals surface area contributed by atoms with Crippen LogP contribution in [-0.4, -0.2) is 19.6 Å². The molecular weight excluding hydrogens is 184 g/mol. The lowest BCUT2D eigenvalue weighted by molar-refractivity contribution is 0.689. The van der Waals surface area contributed by atoms with E-state index in [4.69, 9.17) is 0 Å². The standard InChI is InChI=1S/C13H18N2/c1-2-3-9-15-10-8-14-11-12-6-4-5-7-13(12)15/h2,4-7,14H,1,3,8-11H2. The number of anilines is 1. The van der Waals surface area contributed by atoms with Gasteiger partial charge in [0.05, 0.1) is 0 Å². The maximum Gasteiger partial charge on any atom is 0.0412 e. The molecule has 0 spiro atoms. The second kappa shape index (κ2) is 4.99. The van der Waals surface area contributed by atoms with Gasteiger partial charge in [0.1, 0.15) is 0 Å². The number of hydrogen-bond donors (Lipinski definition) is 1. The van der Waals surface area contributed by atoms with E-state index in [-0.39, 0.29) is 0 Å². The van der Waals surface area contributed by atoms with E-state index in [0.29, 0.717) is 0 Å². The smallest absolute Gasteiger partial charge is 0.0412 e. The van der Waals surface area contributed by atoms with Crippen molar-refractivity contribution < 1.29 is 0 Å². The molecule has 2 nitrogen and oxygen atoms in total. The van der Waals surface area contributed by atoms with E-state index in [0.717, 1.165) is 32.6 Å². The van der Waals surface area contributed by atoms with E-state index in [1.807, 2.05) is 6.08 Å². The Labute approximate surface area is 91.6 Å². The van der Waals surface area contributed by atoms with Crippen LogP contribution in [0.25, 0.3) is 0 Å². The van der Waals surface area contributed by atoms with Crippen LogP contribution in [0.5, 0.6) is 0 Å². The Morgan fingerprint density at radius 2 is 2.27 bits per heavy atom. The molecule has 0 saturated carbocycles. The minimum Gasteiger partial charge on any atom is -0.370 e. The average molecular weight is 202 g/mol. The summed E-state index contributed by atoms with van der Waals surface area (Å²) in [6.45, 7) is 7.99. The molecule has 80 valence electrons.